The number of aromatic nitrogens is 3. The third-order valence-corrected chi connectivity index (χ3v) is 7.37. The van der Waals surface area contributed by atoms with Gasteiger partial charge >= 0.3 is 0 Å². The van der Waals surface area contributed by atoms with Crippen molar-refractivity contribution < 1.29 is 0 Å². The van der Waals surface area contributed by atoms with E-state index in [1.54, 1.807) is 0 Å². The molecule has 5 nitrogen and oxygen atoms in total. The Morgan fingerprint density at radius 3 is 2.67 bits per heavy atom. The van der Waals surface area contributed by atoms with E-state index in [1.165, 1.54) is 27.7 Å². The SMILES string of the molecule is CC[C@@H]1CSC2=N[C@H](c3ccccn3)[C@H](c3cc(C)n(-c4ccc(C)cn4)c3C)N21. The van der Waals surface area contributed by atoms with Gasteiger partial charge in [0.2, 0.25) is 0 Å². The number of nitrogens with zero attached hydrogens (tertiary/aromatic N) is 5. The molecule has 0 N–H and O–H groups in total. The summed E-state index contributed by atoms with van der Waals surface area (Å²) >= 11 is 1.89. The molecule has 0 unspecified atom stereocenters. The standard InChI is InChI=1S/C24H27N5S/c1-5-18-14-30-24-27-22(20-8-6-7-11-25-20)23(29(18)24)19-12-16(3)28(17(19)4)21-10-9-15(2)13-26-21/h6-13,18,22-23H,5,14H2,1-4H3/t18-,22-,23+/m1/s1. The van der Waals surface area contributed by atoms with Crippen LogP contribution in [0.5, 0.6) is 0 Å². The van der Waals surface area contributed by atoms with Gasteiger partial charge in [0, 0.05) is 35.6 Å². The van der Waals surface area contributed by atoms with Crippen LogP contribution in [0.4, 0.5) is 0 Å². The average molecular weight is 418 g/mol. The number of thioether (sulfide) groups is 1. The molecular weight excluding hydrogens is 390 g/mol. The predicted molar refractivity (Wildman–Crippen MR) is 123 cm³/mol. The smallest absolute Gasteiger partial charge is 0.160 e. The summed E-state index contributed by atoms with van der Waals surface area (Å²) in [5, 5.41) is 1.17. The Morgan fingerprint density at radius 2 is 1.97 bits per heavy atom. The summed E-state index contributed by atoms with van der Waals surface area (Å²) in [5.74, 6) is 2.08. The molecule has 5 rings (SSSR count). The summed E-state index contributed by atoms with van der Waals surface area (Å²) in [6.45, 7) is 8.73. The molecule has 6 heteroatoms. The molecule has 0 radical (unpaired) electrons. The van der Waals surface area contributed by atoms with Crippen LogP contribution in [-0.2, 0) is 0 Å². The Balaban J connectivity index is 1.63. The van der Waals surface area contributed by atoms with Crippen molar-refractivity contribution in [3.05, 3.63) is 77.0 Å². The van der Waals surface area contributed by atoms with Gasteiger partial charge < -0.3 is 9.47 Å². The Bertz CT molecular complexity index is 1090. The zero-order valence-electron chi connectivity index (χ0n) is 17.9. The number of amidine groups is 1. The largest absolute Gasteiger partial charge is 0.338 e. The quantitative estimate of drug-likeness (QED) is 0.587. The normalized spacial score (nSPS) is 23.0. The van der Waals surface area contributed by atoms with Gasteiger partial charge in [-0.15, -0.1) is 0 Å². The number of hydrogen-bond donors (Lipinski definition) is 0. The van der Waals surface area contributed by atoms with Crippen molar-refractivity contribution in [1.82, 2.24) is 19.4 Å². The number of fused-ring (bicyclic) bond motifs is 1. The first-order chi connectivity index (χ1) is 14.6. The number of rotatable bonds is 4. The molecule has 0 saturated carbocycles. The molecule has 1 saturated heterocycles. The molecule has 30 heavy (non-hydrogen) atoms. The first-order valence-electron chi connectivity index (χ1n) is 10.6. The molecule has 0 amide bonds. The molecule has 0 spiro atoms. The van der Waals surface area contributed by atoms with Crippen LogP contribution in [0.3, 0.4) is 0 Å². The van der Waals surface area contributed by atoms with Gasteiger partial charge in [0.25, 0.3) is 0 Å². The summed E-state index contributed by atoms with van der Waals surface area (Å²) in [7, 11) is 0. The highest BCUT2D eigenvalue weighted by Crippen LogP contribution is 2.49. The molecule has 0 bridgehead atoms. The molecule has 0 aliphatic carbocycles. The number of aryl methyl sites for hydroxylation is 2. The highest BCUT2D eigenvalue weighted by molar-refractivity contribution is 8.14. The third-order valence-electron chi connectivity index (χ3n) is 6.24. The summed E-state index contributed by atoms with van der Waals surface area (Å²) in [6.07, 6.45) is 4.93. The Hall–Kier alpha value is -2.60. The minimum atomic E-state index is 0.0166. The molecule has 2 aliphatic rings. The fourth-order valence-electron chi connectivity index (χ4n) is 4.72. The van der Waals surface area contributed by atoms with Gasteiger partial charge in [-0.05, 0) is 62.6 Å². The van der Waals surface area contributed by atoms with Crippen LogP contribution in [0.1, 0.15) is 53.6 Å². The summed E-state index contributed by atoms with van der Waals surface area (Å²) < 4.78 is 2.27. The van der Waals surface area contributed by atoms with Crippen LogP contribution in [0.15, 0.2) is 53.8 Å². The van der Waals surface area contributed by atoms with Crippen LogP contribution in [0.25, 0.3) is 5.82 Å². The van der Waals surface area contributed by atoms with Gasteiger partial charge in [-0.3, -0.25) is 9.98 Å². The van der Waals surface area contributed by atoms with Crippen LogP contribution in [0, 0.1) is 20.8 Å². The fraction of sp³-hybridized carbons (Fsp3) is 0.375. The fourth-order valence-corrected chi connectivity index (χ4v) is 6.06. The maximum atomic E-state index is 5.16. The van der Waals surface area contributed by atoms with Gasteiger partial charge in [-0.2, -0.15) is 0 Å². The Kier molecular flexibility index (Phi) is 4.89. The van der Waals surface area contributed by atoms with E-state index in [0.717, 1.165) is 23.7 Å². The van der Waals surface area contributed by atoms with Crippen molar-refractivity contribution in [3.8, 4) is 5.82 Å². The zero-order chi connectivity index (χ0) is 20.8. The molecule has 5 heterocycles. The summed E-state index contributed by atoms with van der Waals surface area (Å²) in [5.41, 5.74) is 5.97. The topological polar surface area (TPSA) is 46.3 Å². The molecular formula is C24H27N5S. The van der Waals surface area contributed by atoms with Gasteiger partial charge in [0.15, 0.2) is 5.17 Å². The molecule has 1 fully saturated rings. The van der Waals surface area contributed by atoms with Gasteiger partial charge in [-0.1, -0.05) is 30.8 Å². The second-order valence-corrected chi connectivity index (χ2v) is 9.18. The minimum absolute atomic E-state index is 0.0166. The predicted octanol–water partition coefficient (Wildman–Crippen LogP) is 5.17. The van der Waals surface area contributed by atoms with Crippen LogP contribution in [0.2, 0.25) is 0 Å². The van der Waals surface area contributed by atoms with E-state index in [9.17, 15) is 0 Å². The van der Waals surface area contributed by atoms with E-state index in [2.05, 4.69) is 77.5 Å². The maximum absolute atomic E-state index is 5.16. The lowest BCUT2D eigenvalue weighted by Gasteiger charge is -2.32. The monoisotopic (exact) mass is 417 g/mol. The van der Waals surface area contributed by atoms with E-state index in [-0.39, 0.29) is 12.1 Å². The van der Waals surface area contributed by atoms with Crippen LogP contribution in [-0.4, -0.2) is 36.4 Å². The van der Waals surface area contributed by atoms with Gasteiger partial charge in [-0.25, -0.2) is 4.98 Å². The highest BCUT2D eigenvalue weighted by Gasteiger charge is 2.46. The average Bonchev–Trinajstić information content (AvgIpc) is 3.41. The molecule has 3 atom stereocenters. The first kappa shape index (κ1) is 19.4. The van der Waals surface area contributed by atoms with E-state index in [1.807, 2.05) is 30.2 Å². The lowest BCUT2D eigenvalue weighted by Crippen LogP contribution is -2.35. The van der Waals surface area contributed by atoms with Crippen LogP contribution >= 0.6 is 11.8 Å². The Labute approximate surface area is 182 Å². The molecule has 3 aromatic heterocycles. The second kappa shape index (κ2) is 7.58. The third kappa shape index (κ3) is 3.05. The lowest BCUT2D eigenvalue weighted by molar-refractivity contribution is 0.254. The summed E-state index contributed by atoms with van der Waals surface area (Å²) in [6, 6.07) is 13.4. The van der Waals surface area contributed by atoms with E-state index >= 15 is 0 Å². The van der Waals surface area contributed by atoms with Crippen molar-refractivity contribution in [2.45, 2.75) is 52.2 Å². The molecule has 3 aromatic rings. The number of pyridine rings is 2. The van der Waals surface area contributed by atoms with Crippen molar-refractivity contribution in [2.24, 2.45) is 4.99 Å². The first-order valence-corrected chi connectivity index (χ1v) is 11.6. The lowest BCUT2D eigenvalue weighted by atomic mass is 9.95. The molecule has 0 aromatic carbocycles. The van der Waals surface area contributed by atoms with Crippen molar-refractivity contribution >= 4 is 16.9 Å². The molecule has 2 aliphatic heterocycles. The zero-order valence-corrected chi connectivity index (χ0v) is 18.7. The second-order valence-electron chi connectivity index (χ2n) is 8.19. The number of hydrogen-bond acceptors (Lipinski definition) is 5. The highest BCUT2D eigenvalue weighted by atomic mass is 32.2. The summed E-state index contributed by atoms with van der Waals surface area (Å²) in [4.78, 5) is 17.1. The van der Waals surface area contributed by atoms with Crippen molar-refractivity contribution in [3.63, 3.8) is 0 Å². The van der Waals surface area contributed by atoms with E-state index in [0.29, 0.717) is 6.04 Å². The minimum Gasteiger partial charge on any atom is -0.338 e. The van der Waals surface area contributed by atoms with Gasteiger partial charge in [0.1, 0.15) is 11.9 Å². The molecule has 154 valence electrons. The van der Waals surface area contributed by atoms with Gasteiger partial charge in [0.05, 0.1) is 11.7 Å². The Morgan fingerprint density at radius 1 is 1.10 bits per heavy atom. The number of aliphatic imine (C=N–C) groups is 1. The maximum Gasteiger partial charge on any atom is 0.160 e. The van der Waals surface area contributed by atoms with E-state index < -0.39 is 0 Å². The van der Waals surface area contributed by atoms with E-state index in [4.69, 9.17) is 4.99 Å². The van der Waals surface area contributed by atoms with Crippen molar-refractivity contribution in [2.75, 3.05) is 5.75 Å². The van der Waals surface area contributed by atoms with Crippen LogP contribution < -0.4 is 0 Å². The van der Waals surface area contributed by atoms with Crippen molar-refractivity contribution in [1.29, 1.82) is 0 Å².